The van der Waals surface area contributed by atoms with Crippen LogP contribution in [0.15, 0.2) is 53.3 Å². The predicted octanol–water partition coefficient (Wildman–Crippen LogP) is 2.62. The van der Waals surface area contributed by atoms with Gasteiger partial charge in [-0.1, -0.05) is 5.16 Å². The number of pyridine rings is 1. The summed E-state index contributed by atoms with van der Waals surface area (Å²) in [5.74, 6) is -1.42. The smallest absolute Gasteiger partial charge is 0.228 e. The van der Waals surface area contributed by atoms with Gasteiger partial charge >= 0.3 is 0 Å². The highest BCUT2D eigenvalue weighted by molar-refractivity contribution is 6.01. The molecule has 1 aliphatic heterocycles. The summed E-state index contributed by atoms with van der Waals surface area (Å²) in [5, 5.41) is 9.33. The molecule has 0 fully saturated rings. The molecule has 0 saturated heterocycles. The summed E-state index contributed by atoms with van der Waals surface area (Å²) in [6, 6.07) is 9.31. The first-order chi connectivity index (χ1) is 13.1. The molecule has 0 bridgehead atoms. The maximum atomic E-state index is 13.6. The van der Waals surface area contributed by atoms with E-state index in [1.807, 2.05) is 6.07 Å². The van der Waals surface area contributed by atoms with Crippen molar-refractivity contribution in [2.24, 2.45) is 0 Å². The summed E-state index contributed by atoms with van der Waals surface area (Å²) in [6.07, 6.45) is 3.28. The fraction of sp³-hybridized carbons (Fsp3) is 0.158. The molecule has 3 heterocycles. The zero-order valence-corrected chi connectivity index (χ0v) is 14.1. The second-order valence-corrected chi connectivity index (χ2v) is 6.17. The van der Waals surface area contributed by atoms with Gasteiger partial charge in [-0.05, 0) is 35.9 Å². The topological polar surface area (TPSA) is 97.1 Å². The minimum Gasteiger partial charge on any atom is -0.359 e. The van der Waals surface area contributed by atoms with Gasteiger partial charge in [0.05, 0.1) is 12.5 Å². The molecule has 0 saturated carbocycles. The van der Waals surface area contributed by atoms with E-state index in [2.05, 4.69) is 20.8 Å². The lowest BCUT2D eigenvalue weighted by Gasteiger charge is -2.24. The Morgan fingerprint density at radius 2 is 2.22 bits per heavy atom. The number of nitrogens with zero attached hydrogens (tertiary/aromatic N) is 2. The van der Waals surface area contributed by atoms with E-state index in [9.17, 15) is 14.0 Å². The number of carbonyl (C=O) groups excluding carboxylic acids is 2. The van der Waals surface area contributed by atoms with Crippen molar-refractivity contribution in [3.63, 3.8) is 0 Å². The van der Waals surface area contributed by atoms with E-state index >= 15 is 0 Å². The van der Waals surface area contributed by atoms with Gasteiger partial charge in [0.15, 0.2) is 5.76 Å². The van der Waals surface area contributed by atoms with E-state index in [1.165, 1.54) is 18.2 Å². The van der Waals surface area contributed by atoms with Crippen LogP contribution < -0.4 is 10.6 Å². The molecule has 27 heavy (non-hydrogen) atoms. The molecule has 0 spiro atoms. The summed E-state index contributed by atoms with van der Waals surface area (Å²) in [4.78, 5) is 28.4. The monoisotopic (exact) mass is 366 g/mol. The van der Waals surface area contributed by atoms with Crippen molar-refractivity contribution in [2.75, 3.05) is 5.32 Å². The van der Waals surface area contributed by atoms with Crippen molar-refractivity contribution in [3.05, 3.63) is 65.9 Å². The number of fused-ring (bicyclic) bond motifs is 1. The maximum Gasteiger partial charge on any atom is 0.228 e. The number of anilines is 1. The van der Waals surface area contributed by atoms with Crippen molar-refractivity contribution >= 4 is 17.5 Å². The Labute approximate surface area is 153 Å². The van der Waals surface area contributed by atoms with E-state index in [0.717, 1.165) is 5.56 Å². The Morgan fingerprint density at radius 3 is 3.04 bits per heavy atom. The normalized spacial score (nSPS) is 15.7. The van der Waals surface area contributed by atoms with Crippen LogP contribution in [0, 0.1) is 5.82 Å². The molecular formula is C19H15FN4O3. The van der Waals surface area contributed by atoms with Gasteiger partial charge in [-0.15, -0.1) is 0 Å². The molecule has 4 rings (SSSR count). The van der Waals surface area contributed by atoms with Crippen molar-refractivity contribution in [2.45, 2.75) is 18.9 Å². The lowest BCUT2D eigenvalue weighted by molar-refractivity contribution is -0.126. The highest BCUT2D eigenvalue weighted by atomic mass is 19.1. The highest BCUT2D eigenvalue weighted by Crippen LogP contribution is 2.33. The summed E-state index contributed by atoms with van der Waals surface area (Å²) in [6.45, 7) is 0.106. The third-order valence-corrected chi connectivity index (χ3v) is 4.32. The summed E-state index contributed by atoms with van der Waals surface area (Å²) >= 11 is 0. The molecule has 136 valence electrons. The Morgan fingerprint density at radius 1 is 1.33 bits per heavy atom. The molecule has 2 N–H and O–H groups in total. The van der Waals surface area contributed by atoms with Gasteiger partial charge in [0.25, 0.3) is 0 Å². The molecule has 7 nitrogen and oxygen atoms in total. The van der Waals surface area contributed by atoms with E-state index < -0.39 is 11.7 Å². The van der Waals surface area contributed by atoms with Crippen LogP contribution in [0.1, 0.15) is 23.7 Å². The zero-order valence-electron chi connectivity index (χ0n) is 14.1. The van der Waals surface area contributed by atoms with E-state index in [1.54, 1.807) is 24.5 Å². The second-order valence-electron chi connectivity index (χ2n) is 6.17. The van der Waals surface area contributed by atoms with Crippen LogP contribution in [-0.4, -0.2) is 22.0 Å². The molecule has 2 aromatic heterocycles. The van der Waals surface area contributed by atoms with Gasteiger partial charge in [-0.2, -0.15) is 0 Å². The molecule has 8 heteroatoms. The largest absolute Gasteiger partial charge is 0.359 e. The first kappa shape index (κ1) is 16.9. The van der Waals surface area contributed by atoms with Gasteiger partial charge in [-0.3, -0.25) is 14.6 Å². The number of carbonyl (C=O) groups is 2. The third kappa shape index (κ3) is 3.55. The van der Waals surface area contributed by atoms with Crippen molar-refractivity contribution < 1.29 is 18.5 Å². The van der Waals surface area contributed by atoms with Gasteiger partial charge in [0.1, 0.15) is 11.5 Å². The van der Waals surface area contributed by atoms with E-state index in [4.69, 9.17) is 4.52 Å². The summed E-state index contributed by atoms with van der Waals surface area (Å²) in [7, 11) is 0. The van der Waals surface area contributed by atoms with Gasteiger partial charge < -0.3 is 15.2 Å². The van der Waals surface area contributed by atoms with Crippen LogP contribution in [0.5, 0.6) is 0 Å². The zero-order chi connectivity index (χ0) is 18.8. The van der Waals surface area contributed by atoms with E-state index in [0.29, 0.717) is 22.7 Å². The summed E-state index contributed by atoms with van der Waals surface area (Å²) in [5.41, 5.74) is 2.32. The van der Waals surface area contributed by atoms with Crippen molar-refractivity contribution in [1.82, 2.24) is 15.5 Å². The van der Waals surface area contributed by atoms with Crippen molar-refractivity contribution in [1.29, 1.82) is 0 Å². The van der Waals surface area contributed by atoms with Crippen LogP contribution in [0.3, 0.4) is 0 Å². The lowest BCUT2D eigenvalue weighted by Crippen LogP contribution is -2.34. The lowest BCUT2D eigenvalue weighted by atomic mass is 9.89. The molecule has 1 aliphatic rings. The molecule has 3 aromatic rings. The number of aromatic nitrogens is 2. The Balaban J connectivity index is 1.47. The molecule has 0 aliphatic carbocycles. The van der Waals surface area contributed by atoms with Crippen LogP contribution in [0.25, 0.3) is 11.3 Å². The molecule has 2 amide bonds. The maximum absolute atomic E-state index is 13.6. The number of nitrogens with one attached hydrogen (secondary N) is 2. The number of amides is 2. The summed E-state index contributed by atoms with van der Waals surface area (Å²) < 4.78 is 18.8. The van der Waals surface area contributed by atoms with Crippen LogP contribution in [-0.2, 0) is 16.1 Å². The number of hydrogen-bond acceptors (Lipinski definition) is 5. The van der Waals surface area contributed by atoms with Gasteiger partial charge in [-0.25, -0.2) is 4.39 Å². The minimum atomic E-state index is -0.759. The number of benzene rings is 1. The van der Waals surface area contributed by atoms with Crippen LogP contribution >= 0.6 is 0 Å². The van der Waals surface area contributed by atoms with Crippen LogP contribution in [0.2, 0.25) is 0 Å². The third-order valence-electron chi connectivity index (χ3n) is 4.32. The highest BCUT2D eigenvalue weighted by Gasteiger charge is 2.31. The first-order valence-electron chi connectivity index (χ1n) is 8.33. The number of halogens is 1. The Bertz CT molecular complexity index is 1000. The van der Waals surface area contributed by atoms with Gasteiger partial charge in [0.2, 0.25) is 11.8 Å². The number of rotatable bonds is 4. The fourth-order valence-corrected chi connectivity index (χ4v) is 3.01. The fourth-order valence-electron chi connectivity index (χ4n) is 3.01. The Kier molecular flexibility index (Phi) is 4.37. The van der Waals surface area contributed by atoms with E-state index in [-0.39, 0.29) is 24.8 Å². The average Bonchev–Trinajstić information content (AvgIpc) is 3.15. The molecule has 0 unspecified atom stereocenters. The molecule has 0 radical (unpaired) electrons. The molecule has 1 atom stereocenters. The van der Waals surface area contributed by atoms with Crippen molar-refractivity contribution in [3.8, 4) is 11.3 Å². The SMILES string of the molecule is O=C1C[C@@H](C(=O)NCc2cc(-c3cccnc3)no2)c2cc(F)ccc2N1. The predicted molar refractivity (Wildman–Crippen MR) is 94.0 cm³/mol. The minimum absolute atomic E-state index is 0.0420. The molecular weight excluding hydrogens is 351 g/mol. The first-order valence-corrected chi connectivity index (χ1v) is 8.33. The van der Waals surface area contributed by atoms with Gasteiger partial charge in [0, 0.05) is 36.1 Å². The molecule has 1 aromatic carbocycles. The quantitative estimate of drug-likeness (QED) is 0.740. The average molecular weight is 366 g/mol. The second kappa shape index (κ2) is 6.99. The standard InChI is InChI=1S/C19H15FN4O3/c20-12-3-4-16-14(6-12)15(8-18(25)23-16)19(26)22-10-13-7-17(24-27-13)11-2-1-5-21-9-11/h1-7,9,15H,8,10H2,(H,22,26)(H,23,25)/t15-/m1/s1. The Hall–Kier alpha value is -3.55. The number of hydrogen-bond donors (Lipinski definition) is 2. The van der Waals surface area contributed by atoms with Crippen LogP contribution in [0.4, 0.5) is 10.1 Å².